The van der Waals surface area contributed by atoms with Crippen LogP contribution in [0.5, 0.6) is 0 Å². The van der Waals surface area contributed by atoms with Crippen molar-refractivity contribution in [2.45, 2.75) is 25.5 Å². The summed E-state index contributed by atoms with van der Waals surface area (Å²) >= 11 is 7.32. The van der Waals surface area contributed by atoms with Crippen LogP contribution in [0.2, 0.25) is 5.02 Å². The van der Waals surface area contributed by atoms with Gasteiger partial charge in [-0.25, -0.2) is 4.98 Å². The summed E-state index contributed by atoms with van der Waals surface area (Å²) in [5, 5.41) is 4.57. The molecule has 1 heterocycles. The number of aromatic nitrogens is 2. The van der Waals surface area contributed by atoms with Gasteiger partial charge in [0.1, 0.15) is 0 Å². The molecule has 0 spiro atoms. The van der Waals surface area contributed by atoms with Crippen LogP contribution in [-0.2, 0) is 11.3 Å². The van der Waals surface area contributed by atoms with Gasteiger partial charge < -0.3 is 5.32 Å². The van der Waals surface area contributed by atoms with Crippen LogP contribution in [0.15, 0.2) is 52.4 Å². The van der Waals surface area contributed by atoms with E-state index in [0.29, 0.717) is 33.3 Å². The second-order valence-electron chi connectivity index (χ2n) is 5.71. The van der Waals surface area contributed by atoms with Crippen LogP contribution < -0.4 is 10.9 Å². The monoisotopic (exact) mass is 387 g/mol. The Kier molecular flexibility index (Phi) is 5.64. The van der Waals surface area contributed by atoms with Gasteiger partial charge in [-0.3, -0.25) is 14.2 Å². The lowest BCUT2D eigenvalue weighted by Crippen LogP contribution is -2.23. The van der Waals surface area contributed by atoms with Crippen LogP contribution in [-0.4, -0.2) is 21.2 Å². The molecule has 1 N–H and O–H groups in total. The largest absolute Gasteiger partial charge is 0.325 e. The highest BCUT2D eigenvalue weighted by molar-refractivity contribution is 7.99. The Morgan fingerprint density at radius 1 is 1.23 bits per heavy atom. The van der Waals surface area contributed by atoms with Crippen LogP contribution in [0, 0.1) is 6.92 Å². The summed E-state index contributed by atoms with van der Waals surface area (Å²) in [6.07, 6.45) is 0. The van der Waals surface area contributed by atoms with Gasteiger partial charge in [-0.15, -0.1) is 0 Å². The lowest BCUT2D eigenvalue weighted by Gasteiger charge is -2.12. The van der Waals surface area contributed by atoms with E-state index < -0.39 is 0 Å². The second kappa shape index (κ2) is 7.93. The molecule has 26 heavy (non-hydrogen) atoms. The van der Waals surface area contributed by atoms with Crippen molar-refractivity contribution in [2.75, 3.05) is 11.1 Å². The molecule has 0 saturated heterocycles. The van der Waals surface area contributed by atoms with Crippen molar-refractivity contribution in [2.24, 2.45) is 0 Å². The summed E-state index contributed by atoms with van der Waals surface area (Å²) < 4.78 is 1.59. The van der Waals surface area contributed by atoms with E-state index in [2.05, 4.69) is 10.3 Å². The Morgan fingerprint density at radius 3 is 2.77 bits per heavy atom. The minimum Gasteiger partial charge on any atom is -0.325 e. The van der Waals surface area contributed by atoms with Gasteiger partial charge in [0, 0.05) is 17.3 Å². The fourth-order valence-electron chi connectivity index (χ4n) is 2.60. The number of para-hydroxylation sites is 1. The first-order valence-electron chi connectivity index (χ1n) is 8.18. The zero-order chi connectivity index (χ0) is 18.7. The molecule has 0 radical (unpaired) electrons. The second-order valence-corrected chi connectivity index (χ2v) is 7.06. The van der Waals surface area contributed by atoms with Crippen LogP contribution in [0.1, 0.15) is 12.5 Å². The van der Waals surface area contributed by atoms with Gasteiger partial charge in [0.25, 0.3) is 5.56 Å². The number of nitrogens with zero attached hydrogens (tertiary/aromatic N) is 2. The average molecular weight is 388 g/mol. The number of amides is 1. The third-order valence-corrected chi connectivity index (χ3v) is 5.40. The molecule has 1 amide bonds. The summed E-state index contributed by atoms with van der Waals surface area (Å²) in [6, 6.07) is 12.6. The molecule has 3 rings (SSSR count). The quantitative estimate of drug-likeness (QED) is 0.528. The van der Waals surface area contributed by atoms with Crippen LogP contribution in [0.4, 0.5) is 5.69 Å². The first kappa shape index (κ1) is 18.5. The van der Waals surface area contributed by atoms with Crippen LogP contribution in [0.3, 0.4) is 0 Å². The molecule has 0 fully saturated rings. The van der Waals surface area contributed by atoms with E-state index in [4.69, 9.17) is 11.6 Å². The van der Waals surface area contributed by atoms with Crippen LogP contribution >= 0.6 is 23.4 Å². The predicted molar refractivity (Wildman–Crippen MR) is 107 cm³/mol. The maximum Gasteiger partial charge on any atom is 0.262 e. The molecule has 134 valence electrons. The summed E-state index contributed by atoms with van der Waals surface area (Å²) in [6.45, 7) is 4.23. The van der Waals surface area contributed by atoms with E-state index in [1.807, 2.05) is 26.0 Å². The number of nitrogens with one attached hydrogen (secondary N) is 1. The van der Waals surface area contributed by atoms with Crippen molar-refractivity contribution in [3.63, 3.8) is 0 Å². The topological polar surface area (TPSA) is 64.0 Å². The number of benzene rings is 2. The molecule has 0 bridgehead atoms. The molecule has 2 aromatic carbocycles. The number of carbonyl (C=O) groups excluding carboxylic acids is 1. The highest BCUT2D eigenvalue weighted by Gasteiger charge is 2.13. The van der Waals surface area contributed by atoms with Gasteiger partial charge in [-0.2, -0.15) is 0 Å². The van der Waals surface area contributed by atoms with E-state index in [1.165, 1.54) is 11.8 Å². The average Bonchev–Trinajstić information content (AvgIpc) is 2.64. The van der Waals surface area contributed by atoms with Gasteiger partial charge in [0.05, 0.1) is 16.7 Å². The lowest BCUT2D eigenvalue weighted by atomic mass is 10.2. The minimum absolute atomic E-state index is 0.0910. The van der Waals surface area contributed by atoms with Crippen molar-refractivity contribution in [1.29, 1.82) is 0 Å². The van der Waals surface area contributed by atoms with Gasteiger partial charge in [-0.1, -0.05) is 41.6 Å². The molecule has 7 heteroatoms. The van der Waals surface area contributed by atoms with Crippen LogP contribution in [0.25, 0.3) is 10.9 Å². The van der Waals surface area contributed by atoms with Crippen molar-refractivity contribution in [3.05, 3.63) is 63.4 Å². The Labute approximate surface area is 160 Å². The maximum atomic E-state index is 12.6. The Morgan fingerprint density at radius 2 is 2.00 bits per heavy atom. The SMILES string of the molecule is CCn1c(SCC(=O)Nc2cccc(Cl)c2C)nc2ccccc2c1=O. The number of hydrogen-bond donors (Lipinski definition) is 1. The fraction of sp³-hybridized carbons (Fsp3) is 0.211. The Hall–Kier alpha value is -2.31. The number of anilines is 1. The summed E-state index contributed by atoms with van der Waals surface area (Å²) in [5.41, 5.74) is 2.05. The maximum absolute atomic E-state index is 12.6. The van der Waals surface area contributed by atoms with Crippen molar-refractivity contribution >= 4 is 45.9 Å². The molecule has 1 aromatic heterocycles. The van der Waals surface area contributed by atoms with Gasteiger partial charge in [0.2, 0.25) is 5.91 Å². The summed E-state index contributed by atoms with van der Waals surface area (Å²) in [7, 11) is 0. The van der Waals surface area contributed by atoms with Gasteiger partial charge in [0.15, 0.2) is 5.16 Å². The smallest absolute Gasteiger partial charge is 0.262 e. The summed E-state index contributed by atoms with van der Waals surface area (Å²) in [5.74, 6) is -0.0260. The highest BCUT2D eigenvalue weighted by atomic mass is 35.5. The number of thioether (sulfide) groups is 1. The lowest BCUT2D eigenvalue weighted by molar-refractivity contribution is -0.113. The molecule has 0 unspecified atom stereocenters. The zero-order valence-corrected chi connectivity index (χ0v) is 16.0. The first-order valence-corrected chi connectivity index (χ1v) is 9.55. The fourth-order valence-corrected chi connectivity index (χ4v) is 3.63. The van der Waals surface area contributed by atoms with Gasteiger partial charge >= 0.3 is 0 Å². The molecule has 0 aliphatic carbocycles. The Balaban J connectivity index is 1.80. The molecule has 3 aromatic rings. The van der Waals surface area contributed by atoms with Crippen molar-refractivity contribution in [1.82, 2.24) is 9.55 Å². The predicted octanol–water partition coefficient (Wildman–Crippen LogP) is 4.11. The van der Waals surface area contributed by atoms with E-state index in [9.17, 15) is 9.59 Å². The zero-order valence-electron chi connectivity index (χ0n) is 14.5. The molecule has 0 aliphatic heterocycles. The third kappa shape index (κ3) is 3.76. The highest BCUT2D eigenvalue weighted by Crippen LogP contribution is 2.24. The van der Waals surface area contributed by atoms with E-state index in [1.54, 1.807) is 34.9 Å². The van der Waals surface area contributed by atoms with Crippen molar-refractivity contribution in [3.8, 4) is 0 Å². The molecule has 0 saturated carbocycles. The minimum atomic E-state index is -0.176. The van der Waals surface area contributed by atoms with E-state index >= 15 is 0 Å². The third-order valence-electron chi connectivity index (χ3n) is 4.02. The number of fused-ring (bicyclic) bond motifs is 1. The molecule has 0 atom stereocenters. The van der Waals surface area contributed by atoms with Gasteiger partial charge in [-0.05, 0) is 43.7 Å². The molecular formula is C19H18ClN3O2S. The van der Waals surface area contributed by atoms with Crippen molar-refractivity contribution < 1.29 is 4.79 Å². The van der Waals surface area contributed by atoms with E-state index in [0.717, 1.165) is 5.56 Å². The standard InChI is InChI=1S/C19H18ClN3O2S/c1-3-23-18(25)13-7-4-5-9-16(13)22-19(23)26-11-17(24)21-15-10-6-8-14(20)12(15)2/h4-10H,3,11H2,1-2H3,(H,21,24). The number of halogens is 1. The Bertz CT molecular complexity index is 1030. The normalized spacial score (nSPS) is 10.9. The van der Waals surface area contributed by atoms with E-state index in [-0.39, 0.29) is 17.2 Å². The first-order chi connectivity index (χ1) is 12.5. The number of rotatable bonds is 5. The number of carbonyl (C=O) groups is 1. The molecule has 0 aliphatic rings. The molecule has 5 nitrogen and oxygen atoms in total. The number of hydrogen-bond acceptors (Lipinski definition) is 4. The summed E-state index contributed by atoms with van der Waals surface area (Å²) in [4.78, 5) is 29.4. The molecular weight excluding hydrogens is 370 g/mol.